The van der Waals surface area contributed by atoms with Crippen molar-refractivity contribution in [2.45, 2.75) is 25.3 Å². The standard InChI is InChI=1S/C15H20N4O3/c1-9-7-11(14(16)21)10-5-3-4-6-12(10)19(9)8-13(20)18-15(22)17-2/h3-6,9,11H,7-8H2,1-2H3,(H2,16,21)(H2,17,18,20,22)/t9-,11+/m1/s1. The number of carbonyl (C=O) groups excluding carboxylic acids is 3. The van der Waals surface area contributed by atoms with Crippen LogP contribution in [0.5, 0.6) is 0 Å². The molecule has 4 N–H and O–H groups in total. The summed E-state index contributed by atoms with van der Waals surface area (Å²) in [6, 6.07) is 6.81. The van der Waals surface area contributed by atoms with E-state index < -0.39 is 11.9 Å². The molecule has 2 atom stereocenters. The predicted octanol–water partition coefficient (Wildman–Crippen LogP) is 0.310. The third-order valence-corrected chi connectivity index (χ3v) is 3.87. The number of benzene rings is 1. The molecule has 0 fully saturated rings. The Morgan fingerprint density at radius 1 is 1.32 bits per heavy atom. The molecule has 0 radical (unpaired) electrons. The largest absolute Gasteiger partial charge is 0.369 e. The fraction of sp³-hybridized carbons (Fsp3) is 0.400. The number of urea groups is 1. The number of carbonyl (C=O) groups is 3. The molecular weight excluding hydrogens is 284 g/mol. The van der Waals surface area contributed by atoms with Gasteiger partial charge in [0.1, 0.15) is 0 Å². The summed E-state index contributed by atoms with van der Waals surface area (Å²) in [7, 11) is 1.44. The maximum atomic E-state index is 11.9. The number of amides is 4. The van der Waals surface area contributed by atoms with Crippen LogP contribution >= 0.6 is 0 Å². The average Bonchev–Trinajstić information content (AvgIpc) is 2.49. The number of nitrogens with zero attached hydrogens (tertiary/aromatic N) is 1. The van der Waals surface area contributed by atoms with Crippen LogP contribution in [0, 0.1) is 0 Å². The van der Waals surface area contributed by atoms with Crippen molar-refractivity contribution in [3.8, 4) is 0 Å². The molecule has 7 heteroatoms. The van der Waals surface area contributed by atoms with Gasteiger partial charge in [0.15, 0.2) is 0 Å². The van der Waals surface area contributed by atoms with Gasteiger partial charge in [0.2, 0.25) is 11.8 Å². The summed E-state index contributed by atoms with van der Waals surface area (Å²) < 4.78 is 0. The van der Waals surface area contributed by atoms with E-state index in [1.54, 1.807) is 0 Å². The molecule has 0 aliphatic carbocycles. The SMILES string of the molecule is CNC(=O)NC(=O)CN1c2ccccc2[C@@H](C(N)=O)C[C@H]1C. The predicted molar refractivity (Wildman–Crippen MR) is 82.4 cm³/mol. The molecule has 1 aliphatic rings. The number of anilines is 1. The molecule has 0 spiro atoms. The Morgan fingerprint density at radius 2 is 2.00 bits per heavy atom. The number of nitrogens with two attached hydrogens (primary N) is 1. The highest BCUT2D eigenvalue weighted by molar-refractivity contribution is 5.96. The van der Waals surface area contributed by atoms with Crippen LogP contribution in [-0.4, -0.2) is 37.5 Å². The van der Waals surface area contributed by atoms with Crippen LogP contribution in [0.1, 0.15) is 24.8 Å². The van der Waals surface area contributed by atoms with Crippen molar-refractivity contribution >= 4 is 23.5 Å². The summed E-state index contributed by atoms with van der Waals surface area (Å²) in [4.78, 5) is 36.7. The number of para-hydroxylation sites is 1. The third kappa shape index (κ3) is 3.19. The smallest absolute Gasteiger partial charge is 0.321 e. The molecule has 0 saturated heterocycles. The molecule has 118 valence electrons. The van der Waals surface area contributed by atoms with Crippen molar-refractivity contribution < 1.29 is 14.4 Å². The van der Waals surface area contributed by atoms with E-state index in [-0.39, 0.29) is 24.4 Å². The number of hydrogen-bond acceptors (Lipinski definition) is 4. The molecule has 1 aromatic carbocycles. The van der Waals surface area contributed by atoms with Crippen LogP contribution in [0.25, 0.3) is 0 Å². The lowest BCUT2D eigenvalue weighted by Crippen LogP contribution is -2.48. The van der Waals surface area contributed by atoms with E-state index in [0.29, 0.717) is 6.42 Å². The Kier molecular flexibility index (Phi) is 4.65. The van der Waals surface area contributed by atoms with E-state index in [1.807, 2.05) is 36.1 Å². The van der Waals surface area contributed by atoms with Gasteiger partial charge in [0, 0.05) is 18.8 Å². The zero-order valence-electron chi connectivity index (χ0n) is 12.6. The van der Waals surface area contributed by atoms with Crippen LogP contribution in [0.3, 0.4) is 0 Å². The lowest BCUT2D eigenvalue weighted by molar-refractivity contribution is -0.119. The first-order valence-electron chi connectivity index (χ1n) is 7.10. The van der Waals surface area contributed by atoms with Gasteiger partial charge in [-0.1, -0.05) is 18.2 Å². The zero-order valence-corrected chi connectivity index (χ0v) is 12.6. The highest BCUT2D eigenvalue weighted by Gasteiger charge is 2.33. The van der Waals surface area contributed by atoms with Crippen LogP contribution < -0.4 is 21.3 Å². The fourth-order valence-electron chi connectivity index (χ4n) is 2.77. The molecule has 22 heavy (non-hydrogen) atoms. The maximum absolute atomic E-state index is 11.9. The molecular formula is C15H20N4O3. The maximum Gasteiger partial charge on any atom is 0.321 e. The molecule has 1 aliphatic heterocycles. The van der Waals surface area contributed by atoms with E-state index in [4.69, 9.17) is 5.73 Å². The average molecular weight is 304 g/mol. The monoisotopic (exact) mass is 304 g/mol. The van der Waals surface area contributed by atoms with E-state index in [0.717, 1.165) is 11.3 Å². The van der Waals surface area contributed by atoms with Crippen LogP contribution in [0.4, 0.5) is 10.5 Å². The van der Waals surface area contributed by atoms with Gasteiger partial charge in [-0.15, -0.1) is 0 Å². The molecule has 1 heterocycles. The highest BCUT2D eigenvalue weighted by Crippen LogP contribution is 2.37. The van der Waals surface area contributed by atoms with Gasteiger partial charge in [0.05, 0.1) is 12.5 Å². The lowest BCUT2D eigenvalue weighted by Gasteiger charge is -2.39. The molecule has 0 aromatic heterocycles. The molecule has 0 saturated carbocycles. The van der Waals surface area contributed by atoms with E-state index in [2.05, 4.69) is 10.6 Å². The van der Waals surface area contributed by atoms with Crippen molar-refractivity contribution in [2.75, 3.05) is 18.5 Å². The Balaban J connectivity index is 2.24. The minimum Gasteiger partial charge on any atom is -0.369 e. The van der Waals surface area contributed by atoms with Gasteiger partial charge in [-0.05, 0) is 25.0 Å². The van der Waals surface area contributed by atoms with Crippen molar-refractivity contribution in [3.05, 3.63) is 29.8 Å². The quantitative estimate of drug-likeness (QED) is 0.747. The van der Waals surface area contributed by atoms with E-state index >= 15 is 0 Å². The van der Waals surface area contributed by atoms with Crippen molar-refractivity contribution in [1.29, 1.82) is 0 Å². The molecule has 1 aromatic rings. The van der Waals surface area contributed by atoms with Gasteiger partial charge in [-0.25, -0.2) is 4.79 Å². The molecule has 0 bridgehead atoms. The van der Waals surface area contributed by atoms with Crippen molar-refractivity contribution in [3.63, 3.8) is 0 Å². The van der Waals surface area contributed by atoms with E-state index in [9.17, 15) is 14.4 Å². The number of nitrogens with one attached hydrogen (secondary N) is 2. The second kappa shape index (κ2) is 6.46. The van der Waals surface area contributed by atoms with Gasteiger partial charge >= 0.3 is 6.03 Å². The Labute approximate surface area is 128 Å². The summed E-state index contributed by atoms with van der Waals surface area (Å²) in [5, 5.41) is 4.57. The number of fused-ring (bicyclic) bond motifs is 1. The Morgan fingerprint density at radius 3 is 2.64 bits per heavy atom. The summed E-state index contributed by atoms with van der Waals surface area (Å²) in [5.74, 6) is -1.13. The summed E-state index contributed by atoms with van der Waals surface area (Å²) in [6.45, 7) is 1.97. The van der Waals surface area contributed by atoms with Gasteiger partial charge in [-0.2, -0.15) is 0 Å². The second-order valence-corrected chi connectivity index (χ2v) is 5.35. The molecule has 4 amide bonds. The molecule has 0 unspecified atom stereocenters. The topological polar surface area (TPSA) is 105 Å². The van der Waals surface area contributed by atoms with E-state index in [1.165, 1.54) is 7.05 Å². The first kappa shape index (κ1) is 15.8. The van der Waals surface area contributed by atoms with Gasteiger partial charge in [-0.3, -0.25) is 14.9 Å². The zero-order chi connectivity index (χ0) is 16.3. The minimum atomic E-state index is -0.544. The summed E-state index contributed by atoms with van der Waals surface area (Å²) in [6.07, 6.45) is 0.541. The second-order valence-electron chi connectivity index (χ2n) is 5.35. The number of rotatable bonds is 3. The van der Waals surface area contributed by atoms with Crippen molar-refractivity contribution in [2.24, 2.45) is 5.73 Å². The number of primary amides is 1. The van der Waals surface area contributed by atoms with Gasteiger partial charge in [0.25, 0.3) is 0 Å². The molecule has 7 nitrogen and oxygen atoms in total. The lowest BCUT2D eigenvalue weighted by atomic mass is 9.85. The number of hydrogen-bond donors (Lipinski definition) is 3. The van der Waals surface area contributed by atoms with Crippen molar-refractivity contribution in [1.82, 2.24) is 10.6 Å². The summed E-state index contributed by atoms with van der Waals surface area (Å²) >= 11 is 0. The first-order chi connectivity index (χ1) is 10.4. The molecule has 2 rings (SSSR count). The van der Waals surface area contributed by atoms with Gasteiger partial charge < -0.3 is 16.0 Å². The normalized spacial score (nSPS) is 20.0. The highest BCUT2D eigenvalue weighted by atomic mass is 16.2. The number of imide groups is 1. The van der Waals surface area contributed by atoms with Crippen LogP contribution in [-0.2, 0) is 9.59 Å². The summed E-state index contributed by atoms with van der Waals surface area (Å²) in [5.41, 5.74) is 7.11. The van der Waals surface area contributed by atoms with Crippen LogP contribution in [0.2, 0.25) is 0 Å². The first-order valence-corrected chi connectivity index (χ1v) is 7.10. The third-order valence-electron chi connectivity index (χ3n) is 3.87. The van der Waals surface area contributed by atoms with Crippen LogP contribution in [0.15, 0.2) is 24.3 Å². The fourth-order valence-corrected chi connectivity index (χ4v) is 2.77. The Bertz CT molecular complexity index is 602. The minimum absolute atomic E-state index is 0.0388. The Hall–Kier alpha value is -2.57.